The van der Waals surface area contributed by atoms with E-state index in [1.807, 2.05) is 0 Å². The van der Waals surface area contributed by atoms with Crippen LogP contribution in [0.1, 0.15) is 24.1 Å². The SMILES string of the molecule is COC(=O)C1=C(C)N=c2s/c(=C\c3ccc(O)c(Br)c3)c(=O)n2[C@@H]1c1cc(Cl)ccc1OC. The summed E-state index contributed by atoms with van der Waals surface area (Å²) in [5.74, 6) is -0.0300. The molecule has 1 N–H and O–H groups in total. The van der Waals surface area contributed by atoms with Gasteiger partial charge < -0.3 is 14.6 Å². The number of halogens is 2. The van der Waals surface area contributed by atoms with Crippen LogP contribution in [0.25, 0.3) is 6.08 Å². The molecule has 0 bridgehead atoms. The van der Waals surface area contributed by atoms with Crippen molar-refractivity contribution in [1.29, 1.82) is 0 Å². The Hall–Kier alpha value is -2.88. The van der Waals surface area contributed by atoms with Gasteiger partial charge in [-0.25, -0.2) is 9.79 Å². The summed E-state index contributed by atoms with van der Waals surface area (Å²) in [7, 11) is 2.79. The van der Waals surface area contributed by atoms with Gasteiger partial charge in [0, 0.05) is 10.6 Å². The zero-order chi connectivity index (χ0) is 23.9. The number of nitrogens with zero attached hydrogens (tertiary/aromatic N) is 2. The quantitative estimate of drug-likeness (QED) is 0.503. The lowest BCUT2D eigenvalue weighted by molar-refractivity contribution is -0.136. The molecule has 1 aliphatic rings. The number of thiazole rings is 1. The molecular weight excluding hydrogens is 532 g/mol. The normalized spacial score (nSPS) is 15.8. The van der Waals surface area contributed by atoms with Crippen LogP contribution in [0.5, 0.6) is 11.5 Å². The highest BCUT2D eigenvalue weighted by Gasteiger charge is 2.35. The highest BCUT2D eigenvalue weighted by molar-refractivity contribution is 9.10. The lowest BCUT2D eigenvalue weighted by atomic mass is 9.95. The van der Waals surface area contributed by atoms with Crippen LogP contribution in [0.2, 0.25) is 5.02 Å². The number of methoxy groups -OCH3 is 2. The maximum absolute atomic E-state index is 13.6. The van der Waals surface area contributed by atoms with E-state index in [9.17, 15) is 14.7 Å². The molecule has 7 nitrogen and oxygen atoms in total. The first-order chi connectivity index (χ1) is 15.7. The number of phenolic OH excluding ortho intramolecular Hbond substituents is 1. The molecule has 0 aliphatic carbocycles. The molecule has 0 saturated heterocycles. The summed E-state index contributed by atoms with van der Waals surface area (Å²) >= 11 is 10.8. The fourth-order valence-electron chi connectivity index (χ4n) is 3.67. The van der Waals surface area contributed by atoms with Gasteiger partial charge >= 0.3 is 5.97 Å². The van der Waals surface area contributed by atoms with Crippen molar-refractivity contribution in [2.75, 3.05) is 14.2 Å². The fourth-order valence-corrected chi connectivity index (χ4v) is 5.29. The van der Waals surface area contributed by atoms with Crippen molar-refractivity contribution in [3.8, 4) is 11.5 Å². The number of allylic oxidation sites excluding steroid dienone is 1. The third-order valence-corrected chi connectivity index (χ3v) is 7.04. The van der Waals surface area contributed by atoms with E-state index in [1.54, 1.807) is 43.3 Å². The predicted molar refractivity (Wildman–Crippen MR) is 130 cm³/mol. The topological polar surface area (TPSA) is 90.1 Å². The van der Waals surface area contributed by atoms with Crippen LogP contribution in [0.4, 0.5) is 0 Å². The molecule has 170 valence electrons. The predicted octanol–water partition coefficient (Wildman–Crippen LogP) is 3.54. The average Bonchev–Trinajstić information content (AvgIpc) is 3.09. The van der Waals surface area contributed by atoms with Gasteiger partial charge in [0.05, 0.1) is 34.5 Å². The van der Waals surface area contributed by atoms with Crippen LogP contribution in [0, 0.1) is 0 Å². The molecule has 0 spiro atoms. The van der Waals surface area contributed by atoms with Crippen molar-refractivity contribution in [3.05, 3.63) is 88.0 Å². The summed E-state index contributed by atoms with van der Waals surface area (Å²) in [5, 5.41) is 10.2. The monoisotopic (exact) mass is 548 g/mol. The summed E-state index contributed by atoms with van der Waals surface area (Å²) in [6.45, 7) is 1.70. The molecule has 2 heterocycles. The van der Waals surface area contributed by atoms with Crippen LogP contribution < -0.4 is 19.6 Å². The zero-order valence-electron chi connectivity index (χ0n) is 17.8. The fraction of sp³-hybridized carbons (Fsp3) is 0.174. The molecule has 33 heavy (non-hydrogen) atoms. The summed E-state index contributed by atoms with van der Waals surface area (Å²) in [6.07, 6.45) is 1.71. The van der Waals surface area contributed by atoms with E-state index in [2.05, 4.69) is 20.9 Å². The third kappa shape index (κ3) is 4.23. The Labute approximate surface area is 206 Å². The average molecular weight is 550 g/mol. The minimum absolute atomic E-state index is 0.0972. The lowest BCUT2D eigenvalue weighted by Gasteiger charge is -2.25. The van der Waals surface area contributed by atoms with Gasteiger partial charge in [0.15, 0.2) is 4.80 Å². The number of carbonyl (C=O) groups excluding carboxylic acids is 1. The van der Waals surface area contributed by atoms with Gasteiger partial charge in [-0.1, -0.05) is 29.0 Å². The maximum atomic E-state index is 13.6. The highest BCUT2D eigenvalue weighted by atomic mass is 79.9. The van der Waals surface area contributed by atoms with Crippen molar-refractivity contribution in [2.24, 2.45) is 4.99 Å². The van der Waals surface area contributed by atoms with Gasteiger partial charge in [-0.3, -0.25) is 9.36 Å². The molecule has 1 aliphatic heterocycles. The van der Waals surface area contributed by atoms with Gasteiger partial charge in [-0.15, -0.1) is 0 Å². The molecule has 0 radical (unpaired) electrons. The minimum Gasteiger partial charge on any atom is -0.507 e. The molecular formula is C23H18BrClN2O5S. The number of phenols is 1. The summed E-state index contributed by atoms with van der Waals surface area (Å²) < 4.78 is 12.9. The summed E-state index contributed by atoms with van der Waals surface area (Å²) in [5.41, 5.74) is 1.59. The van der Waals surface area contributed by atoms with E-state index in [4.69, 9.17) is 21.1 Å². The number of esters is 1. The molecule has 0 saturated carbocycles. The Bertz CT molecular complexity index is 1490. The first-order valence-electron chi connectivity index (χ1n) is 9.68. The Morgan fingerprint density at radius 1 is 1.27 bits per heavy atom. The number of benzene rings is 2. The molecule has 1 atom stereocenters. The van der Waals surface area contributed by atoms with E-state index >= 15 is 0 Å². The van der Waals surface area contributed by atoms with Gasteiger partial charge in [-0.05, 0) is 64.8 Å². The van der Waals surface area contributed by atoms with Crippen LogP contribution >= 0.6 is 38.9 Å². The molecule has 2 aromatic carbocycles. The summed E-state index contributed by atoms with van der Waals surface area (Å²) in [6, 6.07) is 9.12. The van der Waals surface area contributed by atoms with E-state index in [0.717, 1.165) is 0 Å². The number of ether oxygens (including phenoxy) is 2. The molecule has 4 rings (SSSR count). The standard InChI is InChI=1S/C23H18BrClN2O5S/c1-11-19(22(30)32-3)20(14-10-13(25)5-7-17(14)31-2)27-21(29)18(33-23(27)26-11)9-12-4-6-16(28)15(24)8-12/h4-10,20,28H,1-3H3/b18-9-/t20-/m1/s1. The Morgan fingerprint density at radius 3 is 2.70 bits per heavy atom. The van der Waals surface area contributed by atoms with E-state index in [-0.39, 0.29) is 16.9 Å². The second-order valence-electron chi connectivity index (χ2n) is 7.17. The first kappa shape index (κ1) is 23.3. The highest BCUT2D eigenvalue weighted by Crippen LogP contribution is 2.37. The second-order valence-corrected chi connectivity index (χ2v) is 9.47. The van der Waals surface area contributed by atoms with Crippen LogP contribution in [0.3, 0.4) is 0 Å². The Morgan fingerprint density at radius 2 is 2.03 bits per heavy atom. The van der Waals surface area contributed by atoms with Gasteiger partial charge in [-0.2, -0.15) is 0 Å². The van der Waals surface area contributed by atoms with Gasteiger partial charge in [0.1, 0.15) is 17.5 Å². The van der Waals surface area contributed by atoms with Crippen molar-refractivity contribution in [3.63, 3.8) is 0 Å². The molecule has 3 aromatic rings. The Balaban J connectivity index is 2.02. The molecule has 1 aromatic heterocycles. The van der Waals surface area contributed by atoms with Gasteiger partial charge in [0.25, 0.3) is 5.56 Å². The van der Waals surface area contributed by atoms with Crippen LogP contribution in [-0.2, 0) is 9.53 Å². The summed E-state index contributed by atoms with van der Waals surface area (Å²) in [4.78, 5) is 31.3. The number of aromatic nitrogens is 1. The number of hydrogen-bond acceptors (Lipinski definition) is 7. The first-order valence-corrected chi connectivity index (χ1v) is 11.7. The smallest absolute Gasteiger partial charge is 0.338 e. The van der Waals surface area contributed by atoms with Crippen molar-refractivity contribution in [2.45, 2.75) is 13.0 Å². The van der Waals surface area contributed by atoms with Crippen molar-refractivity contribution in [1.82, 2.24) is 4.57 Å². The molecule has 0 fully saturated rings. The van der Waals surface area contributed by atoms with E-state index < -0.39 is 12.0 Å². The molecule has 0 amide bonds. The van der Waals surface area contributed by atoms with Crippen LogP contribution in [0.15, 0.2) is 61.9 Å². The number of rotatable bonds is 4. The maximum Gasteiger partial charge on any atom is 0.338 e. The Kier molecular flexibility index (Phi) is 6.47. The zero-order valence-corrected chi connectivity index (χ0v) is 20.9. The van der Waals surface area contributed by atoms with Crippen molar-refractivity contribution >= 4 is 50.9 Å². The number of carbonyl (C=O) groups is 1. The van der Waals surface area contributed by atoms with E-state index in [1.165, 1.54) is 36.2 Å². The van der Waals surface area contributed by atoms with Crippen LogP contribution in [-0.4, -0.2) is 29.9 Å². The number of hydrogen-bond donors (Lipinski definition) is 1. The van der Waals surface area contributed by atoms with E-state index in [0.29, 0.717) is 41.4 Å². The minimum atomic E-state index is -0.837. The lowest BCUT2D eigenvalue weighted by Crippen LogP contribution is -2.40. The molecule has 10 heteroatoms. The van der Waals surface area contributed by atoms with Crippen molar-refractivity contribution < 1.29 is 19.4 Å². The largest absolute Gasteiger partial charge is 0.507 e. The molecule has 0 unspecified atom stereocenters. The van der Waals surface area contributed by atoms with Gasteiger partial charge in [0.2, 0.25) is 0 Å². The second kappa shape index (κ2) is 9.17. The number of fused-ring (bicyclic) bond motifs is 1. The number of aromatic hydroxyl groups is 1. The third-order valence-electron chi connectivity index (χ3n) is 5.18.